The van der Waals surface area contributed by atoms with Crippen LogP contribution in [0.1, 0.15) is 70.6 Å². The fourth-order valence-corrected chi connectivity index (χ4v) is 5.63. The zero-order valence-corrected chi connectivity index (χ0v) is 29.0. The van der Waals surface area contributed by atoms with E-state index < -0.39 is 29.2 Å². The summed E-state index contributed by atoms with van der Waals surface area (Å²) in [6, 6.07) is 9.96. The van der Waals surface area contributed by atoms with E-state index in [2.05, 4.69) is 23.8 Å². The van der Waals surface area contributed by atoms with Gasteiger partial charge in [0.1, 0.15) is 28.4 Å². The van der Waals surface area contributed by atoms with E-state index in [1.165, 1.54) is 30.3 Å². The van der Waals surface area contributed by atoms with Crippen LogP contribution in [0.4, 0.5) is 17.6 Å². The van der Waals surface area contributed by atoms with Gasteiger partial charge in [-0.2, -0.15) is 0 Å². The van der Waals surface area contributed by atoms with Crippen LogP contribution in [0.15, 0.2) is 48.5 Å². The Labute approximate surface area is 295 Å². The van der Waals surface area contributed by atoms with Crippen molar-refractivity contribution in [2.75, 3.05) is 26.4 Å². The first kappa shape index (κ1) is 40.2. The number of carbonyl (C=O) groups excluding carboxylic acids is 1. The Kier molecular flexibility index (Phi) is 13.4. The molecule has 0 atom stereocenters. The van der Waals surface area contributed by atoms with Crippen molar-refractivity contribution in [2.24, 2.45) is 10.8 Å². The first-order valence-corrected chi connectivity index (χ1v) is 16.1. The lowest BCUT2D eigenvalue weighted by molar-refractivity contribution is 0.0516. The average Bonchev–Trinajstić information content (AvgIpc) is 3.01. The van der Waals surface area contributed by atoms with E-state index in [9.17, 15) is 22.4 Å². The Balaban J connectivity index is 0.000000249. The SMILES string of the molecule is C.CC1(C)COc2nc(Cl)cc(-c3ccc(F)cc3F)c2C1.CCO.CCOC(=O)c1cc(-c2ccc(F)cc2F)c2c(n1)OCC(C)(C)C2. The van der Waals surface area contributed by atoms with Gasteiger partial charge < -0.3 is 19.3 Å². The molecule has 0 unspecified atom stereocenters. The van der Waals surface area contributed by atoms with Crippen molar-refractivity contribution in [2.45, 2.75) is 61.8 Å². The number of nitrogens with zero attached hydrogens (tertiary/aromatic N) is 2. The molecule has 0 fully saturated rings. The zero-order chi connectivity index (χ0) is 36.1. The number of carbonyl (C=O) groups is 1. The molecule has 0 saturated carbocycles. The molecule has 12 heteroatoms. The van der Waals surface area contributed by atoms with Gasteiger partial charge in [0, 0.05) is 51.8 Å². The van der Waals surface area contributed by atoms with Gasteiger partial charge in [-0.15, -0.1) is 0 Å². The highest BCUT2D eigenvalue weighted by atomic mass is 35.5. The minimum Gasteiger partial charge on any atom is -0.477 e. The third kappa shape index (κ3) is 9.72. The smallest absolute Gasteiger partial charge is 0.357 e. The van der Waals surface area contributed by atoms with Gasteiger partial charge in [-0.05, 0) is 74.2 Å². The lowest BCUT2D eigenvalue weighted by atomic mass is 9.82. The summed E-state index contributed by atoms with van der Waals surface area (Å²) in [7, 11) is 0. The summed E-state index contributed by atoms with van der Waals surface area (Å²) < 4.78 is 71.2. The van der Waals surface area contributed by atoms with Crippen LogP contribution in [-0.4, -0.2) is 47.5 Å². The van der Waals surface area contributed by atoms with Gasteiger partial charge in [0.25, 0.3) is 0 Å². The van der Waals surface area contributed by atoms with E-state index in [4.69, 9.17) is 30.9 Å². The van der Waals surface area contributed by atoms with E-state index in [0.29, 0.717) is 60.1 Å². The van der Waals surface area contributed by atoms with Gasteiger partial charge in [-0.3, -0.25) is 0 Å². The van der Waals surface area contributed by atoms with Crippen LogP contribution in [0.2, 0.25) is 5.15 Å². The molecule has 2 aliphatic heterocycles. The van der Waals surface area contributed by atoms with Crippen LogP contribution in [0, 0.1) is 34.1 Å². The Morgan fingerprint density at radius 3 is 1.66 bits per heavy atom. The number of aliphatic hydroxyl groups excluding tert-OH is 1. The number of ether oxygens (including phenoxy) is 3. The maximum absolute atomic E-state index is 14.4. The second-order valence-corrected chi connectivity index (χ2v) is 13.5. The molecule has 2 aliphatic rings. The second-order valence-electron chi connectivity index (χ2n) is 13.2. The highest BCUT2D eigenvalue weighted by Gasteiger charge is 2.33. The second kappa shape index (κ2) is 16.7. The minimum atomic E-state index is -0.702. The monoisotopic (exact) mass is 718 g/mol. The van der Waals surface area contributed by atoms with Crippen LogP contribution in [-0.2, 0) is 17.6 Å². The van der Waals surface area contributed by atoms with Crippen molar-refractivity contribution in [3.63, 3.8) is 0 Å². The number of esters is 1. The van der Waals surface area contributed by atoms with Crippen LogP contribution in [0.3, 0.4) is 0 Å². The fourth-order valence-electron chi connectivity index (χ4n) is 5.44. The molecule has 0 saturated heterocycles. The summed E-state index contributed by atoms with van der Waals surface area (Å²) in [6.07, 6.45) is 1.29. The number of pyridine rings is 2. The number of hydrogen-bond acceptors (Lipinski definition) is 7. The lowest BCUT2D eigenvalue weighted by Crippen LogP contribution is -2.30. The van der Waals surface area contributed by atoms with Crippen molar-refractivity contribution >= 4 is 17.6 Å². The summed E-state index contributed by atoms with van der Waals surface area (Å²) in [4.78, 5) is 20.5. The maximum Gasteiger partial charge on any atom is 0.357 e. The van der Waals surface area contributed by atoms with Gasteiger partial charge in [-0.25, -0.2) is 32.3 Å². The molecule has 4 aromatic rings. The zero-order valence-electron chi connectivity index (χ0n) is 28.2. The van der Waals surface area contributed by atoms with Crippen LogP contribution in [0.5, 0.6) is 11.8 Å². The van der Waals surface area contributed by atoms with Crippen molar-refractivity contribution in [3.8, 4) is 34.0 Å². The van der Waals surface area contributed by atoms with Crippen molar-refractivity contribution in [1.82, 2.24) is 9.97 Å². The number of aromatic nitrogens is 2. The maximum atomic E-state index is 14.4. The number of halogens is 5. The Morgan fingerprint density at radius 2 is 1.22 bits per heavy atom. The number of fused-ring (bicyclic) bond motifs is 2. The highest BCUT2D eigenvalue weighted by molar-refractivity contribution is 6.29. The van der Waals surface area contributed by atoms with Crippen molar-refractivity contribution in [3.05, 3.63) is 93.8 Å². The van der Waals surface area contributed by atoms with Gasteiger partial charge in [0.15, 0.2) is 5.69 Å². The van der Waals surface area contributed by atoms with Gasteiger partial charge in [0.2, 0.25) is 11.8 Å². The van der Waals surface area contributed by atoms with Gasteiger partial charge >= 0.3 is 5.97 Å². The molecule has 7 nitrogen and oxygen atoms in total. The molecular weight excluding hydrogens is 676 g/mol. The third-order valence-electron chi connectivity index (χ3n) is 7.58. The average molecular weight is 719 g/mol. The molecule has 6 rings (SSSR count). The molecule has 0 aliphatic carbocycles. The summed E-state index contributed by atoms with van der Waals surface area (Å²) in [5, 5.41) is 7.80. The molecule has 0 bridgehead atoms. The van der Waals surface area contributed by atoms with E-state index >= 15 is 0 Å². The molecule has 4 heterocycles. The number of rotatable bonds is 4. The topological polar surface area (TPSA) is 90.8 Å². The van der Waals surface area contributed by atoms with E-state index in [1.807, 2.05) is 13.8 Å². The van der Waals surface area contributed by atoms with Crippen LogP contribution in [0.25, 0.3) is 22.3 Å². The number of aliphatic hydroxyl groups is 1. The van der Waals surface area contributed by atoms with E-state index in [-0.39, 0.29) is 47.9 Å². The third-order valence-corrected chi connectivity index (χ3v) is 7.77. The predicted octanol–water partition coefficient (Wildman–Crippen LogP) is 9.44. The van der Waals surface area contributed by atoms with E-state index in [1.54, 1.807) is 19.9 Å². The molecule has 0 spiro atoms. The molecule has 0 radical (unpaired) electrons. The summed E-state index contributed by atoms with van der Waals surface area (Å²) >= 11 is 6.00. The van der Waals surface area contributed by atoms with Crippen molar-refractivity contribution < 1.29 is 41.7 Å². The minimum absolute atomic E-state index is 0. The normalized spacial score (nSPS) is 14.8. The van der Waals surface area contributed by atoms with E-state index in [0.717, 1.165) is 17.7 Å². The standard InChI is InChI=1S/C19H19F2NO3.C16H14ClF2NO.C2H6O.CH4/c1-4-24-18(23)16-8-13(12-6-5-11(20)7-15(12)21)14-9-19(2,3)10-25-17(14)22-16;1-16(2)7-12-11(6-14(17)20-15(12)21-8-16)10-4-3-9(18)5-13(10)19;1-2-3;/h5-8H,4,9-10H2,1-3H3;3-6H,7-8H2,1-2H3;3H,2H2,1H3;1H4. The summed E-state index contributed by atoms with van der Waals surface area (Å²) in [5.41, 5.74) is 2.90. The number of hydrogen-bond donors (Lipinski definition) is 1. The Hall–Kier alpha value is -4.22. The molecule has 2 aromatic heterocycles. The van der Waals surface area contributed by atoms with Crippen LogP contribution < -0.4 is 9.47 Å². The summed E-state index contributed by atoms with van der Waals surface area (Å²) in [5.74, 6) is -2.48. The van der Waals surface area contributed by atoms with Crippen molar-refractivity contribution in [1.29, 1.82) is 0 Å². The summed E-state index contributed by atoms with van der Waals surface area (Å²) in [6.45, 7) is 13.0. The number of benzene rings is 2. The molecular formula is C38H43ClF4N2O5. The van der Waals surface area contributed by atoms with Crippen LogP contribution >= 0.6 is 11.6 Å². The lowest BCUT2D eigenvalue weighted by Gasteiger charge is -2.32. The molecule has 0 amide bonds. The predicted molar refractivity (Wildman–Crippen MR) is 186 cm³/mol. The highest BCUT2D eigenvalue weighted by Crippen LogP contribution is 2.42. The Morgan fingerprint density at radius 1 is 0.780 bits per heavy atom. The molecule has 50 heavy (non-hydrogen) atoms. The molecule has 2 aromatic carbocycles. The fraction of sp³-hybridized carbons (Fsp3) is 0.395. The Bertz CT molecular complexity index is 1830. The van der Waals surface area contributed by atoms with Gasteiger partial charge in [-0.1, -0.05) is 46.7 Å². The first-order chi connectivity index (χ1) is 23.1. The van der Waals surface area contributed by atoms with Gasteiger partial charge in [0.05, 0.1) is 19.8 Å². The molecule has 1 N–H and O–H groups in total. The largest absolute Gasteiger partial charge is 0.477 e. The quantitative estimate of drug-likeness (QED) is 0.128. The first-order valence-electron chi connectivity index (χ1n) is 15.8. The molecule has 270 valence electrons.